The number of hydrogen-bond donors (Lipinski definition) is 1. The highest BCUT2D eigenvalue weighted by atomic mass is 19.4. The third-order valence-corrected chi connectivity index (χ3v) is 4.54. The van der Waals surface area contributed by atoms with E-state index in [2.05, 4.69) is 0 Å². The molecule has 1 saturated carbocycles. The van der Waals surface area contributed by atoms with Gasteiger partial charge in [0.05, 0.1) is 5.56 Å². The van der Waals surface area contributed by atoms with Crippen molar-refractivity contribution < 1.29 is 32.6 Å². The molecular weight excluding hydrogens is 339 g/mol. The molecule has 2 fully saturated rings. The third kappa shape index (κ3) is 3.95. The van der Waals surface area contributed by atoms with Crippen molar-refractivity contribution in [2.75, 3.05) is 6.61 Å². The van der Waals surface area contributed by atoms with Crippen LogP contribution in [0.4, 0.5) is 13.2 Å². The number of ether oxygens (including phenoxy) is 1. The van der Waals surface area contributed by atoms with Crippen molar-refractivity contribution in [3.8, 4) is 0 Å². The van der Waals surface area contributed by atoms with Crippen molar-refractivity contribution >= 4 is 11.9 Å². The van der Waals surface area contributed by atoms with Crippen molar-refractivity contribution in [1.29, 1.82) is 0 Å². The minimum absolute atomic E-state index is 0.0277. The molecule has 0 aromatic heterocycles. The fourth-order valence-electron chi connectivity index (χ4n) is 3.16. The van der Waals surface area contributed by atoms with E-state index in [1.165, 1.54) is 12.1 Å². The second-order valence-electron chi connectivity index (χ2n) is 6.40. The van der Waals surface area contributed by atoms with E-state index in [1.54, 1.807) is 4.90 Å². The van der Waals surface area contributed by atoms with Crippen LogP contribution in [0.1, 0.15) is 41.6 Å². The summed E-state index contributed by atoms with van der Waals surface area (Å²) in [6.07, 6.45) is -3.33. The van der Waals surface area contributed by atoms with Crippen molar-refractivity contribution in [1.82, 2.24) is 4.90 Å². The molecule has 136 valence electrons. The molecule has 1 amide bonds. The Bertz CT molecular complexity index is 672. The molecule has 2 aliphatic rings. The van der Waals surface area contributed by atoms with Crippen molar-refractivity contribution in [3.63, 3.8) is 0 Å². The number of carbonyl (C=O) groups is 2. The van der Waals surface area contributed by atoms with Gasteiger partial charge in [-0.3, -0.25) is 4.79 Å². The topological polar surface area (TPSA) is 66.8 Å². The molecule has 2 atom stereocenters. The van der Waals surface area contributed by atoms with Crippen LogP contribution in [0.5, 0.6) is 0 Å². The average molecular weight is 357 g/mol. The normalized spacial score (nSPS) is 24.0. The van der Waals surface area contributed by atoms with E-state index in [-0.39, 0.29) is 30.7 Å². The number of nitrogens with zero attached hydrogens (tertiary/aromatic N) is 1. The van der Waals surface area contributed by atoms with Gasteiger partial charge in [-0.05, 0) is 37.5 Å². The minimum atomic E-state index is -4.52. The van der Waals surface area contributed by atoms with Gasteiger partial charge < -0.3 is 14.7 Å². The highest BCUT2D eigenvalue weighted by molar-refractivity contribution is 5.95. The number of carboxylic acid groups (broad SMARTS) is 1. The van der Waals surface area contributed by atoms with Crippen LogP contribution >= 0.6 is 0 Å². The lowest BCUT2D eigenvalue weighted by molar-refractivity contribution is -0.155. The second kappa shape index (κ2) is 6.67. The van der Waals surface area contributed by atoms with E-state index < -0.39 is 29.7 Å². The second-order valence-corrected chi connectivity index (χ2v) is 6.40. The monoisotopic (exact) mass is 357 g/mol. The van der Waals surface area contributed by atoms with Gasteiger partial charge in [0.2, 0.25) is 0 Å². The van der Waals surface area contributed by atoms with Crippen LogP contribution in [-0.2, 0) is 15.7 Å². The van der Waals surface area contributed by atoms with Crippen LogP contribution in [-0.4, -0.2) is 46.7 Å². The van der Waals surface area contributed by atoms with Crippen molar-refractivity contribution in [3.05, 3.63) is 35.4 Å². The molecule has 25 heavy (non-hydrogen) atoms. The van der Waals surface area contributed by atoms with Gasteiger partial charge in [-0.25, -0.2) is 4.79 Å². The predicted octanol–water partition coefficient (Wildman–Crippen LogP) is 2.94. The predicted molar refractivity (Wildman–Crippen MR) is 81.0 cm³/mol. The minimum Gasteiger partial charge on any atom is -0.479 e. The maximum Gasteiger partial charge on any atom is 0.416 e. The molecule has 3 rings (SSSR count). The van der Waals surface area contributed by atoms with Gasteiger partial charge in [-0.2, -0.15) is 13.2 Å². The first-order chi connectivity index (χ1) is 11.8. The lowest BCUT2D eigenvalue weighted by Crippen LogP contribution is -2.48. The highest BCUT2D eigenvalue weighted by Crippen LogP contribution is 2.35. The maximum atomic E-state index is 12.9. The molecule has 1 aromatic rings. The Kier molecular flexibility index (Phi) is 4.73. The van der Waals surface area contributed by atoms with Gasteiger partial charge in [0.25, 0.3) is 5.91 Å². The van der Waals surface area contributed by atoms with E-state index in [9.17, 15) is 22.8 Å². The Morgan fingerprint density at radius 2 is 1.88 bits per heavy atom. The largest absolute Gasteiger partial charge is 0.479 e. The molecule has 2 unspecified atom stereocenters. The van der Waals surface area contributed by atoms with Crippen LogP contribution in [0.15, 0.2) is 24.3 Å². The molecule has 0 spiro atoms. The van der Waals surface area contributed by atoms with Crippen LogP contribution in [0.3, 0.4) is 0 Å². The van der Waals surface area contributed by atoms with Gasteiger partial charge in [0.1, 0.15) is 0 Å². The Morgan fingerprint density at radius 3 is 2.48 bits per heavy atom. The van der Waals surface area contributed by atoms with E-state index in [1.807, 2.05) is 0 Å². The summed E-state index contributed by atoms with van der Waals surface area (Å²) in [6.45, 7) is 0.209. The van der Waals surface area contributed by atoms with Gasteiger partial charge in [0.15, 0.2) is 6.10 Å². The first-order valence-electron chi connectivity index (χ1n) is 8.11. The van der Waals surface area contributed by atoms with Crippen LogP contribution in [0.25, 0.3) is 0 Å². The SMILES string of the molecule is O=C(O)C1CC(N(C(=O)c2cccc(C(F)(F)F)c2)C2CC2)CCO1. The molecular formula is C17H18F3NO4. The number of alkyl halides is 3. The standard InChI is InChI=1S/C17H18F3NO4/c18-17(19,20)11-3-1-2-10(8-11)15(22)21(12-4-5-12)13-6-7-25-14(9-13)16(23)24/h1-3,8,12-14H,4-7,9H2,(H,23,24). The molecule has 5 nitrogen and oxygen atoms in total. The summed E-state index contributed by atoms with van der Waals surface area (Å²) in [6, 6.07) is 3.97. The summed E-state index contributed by atoms with van der Waals surface area (Å²) in [7, 11) is 0. The molecule has 8 heteroatoms. The summed E-state index contributed by atoms with van der Waals surface area (Å²) < 4.78 is 43.9. The number of amides is 1. The zero-order valence-corrected chi connectivity index (χ0v) is 13.3. The van der Waals surface area contributed by atoms with E-state index in [0.717, 1.165) is 25.0 Å². The summed E-state index contributed by atoms with van der Waals surface area (Å²) in [5.41, 5.74) is -0.899. The first kappa shape index (κ1) is 17.7. The zero-order valence-electron chi connectivity index (χ0n) is 13.3. The quantitative estimate of drug-likeness (QED) is 0.900. The summed E-state index contributed by atoms with van der Waals surface area (Å²) in [5, 5.41) is 9.12. The molecule has 1 heterocycles. The number of aliphatic carboxylic acids is 1. The fourth-order valence-corrected chi connectivity index (χ4v) is 3.16. The number of hydrogen-bond acceptors (Lipinski definition) is 3. The summed E-state index contributed by atoms with van der Waals surface area (Å²) in [4.78, 5) is 25.6. The van der Waals surface area contributed by atoms with Crippen LogP contribution in [0.2, 0.25) is 0 Å². The molecule has 1 aliphatic heterocycles. The molecule has 1 aliphatic carbocycles. The zero-order chi connectivity index (χ0) is 18.2. The molecule has 1 saturated heterocycles. The third-order valence-electron chi connectivity index (χ3n) is 4.54. The first-order valence-corrected chi connectivity index (χ1v) is 8.11. The van der Waals surface area contributed by atoms with E-state index >= 15 is 0 Å². The maximum absolute atomic E-state index is 12.9. The smallest absolute Gasteiger partial charge is 0.416 e. The summed E-state index contributed by atoms with van der Waals surface area (Å²) in [5.74, 6) is -1.57. The Morgan fingerprint density at radius 1 is 1.16 bits per heavy atom. The van der Waals surface area contributed by atoms with Crippen LogP contribution in [0, 0.1) is 0 Å². The van der Waals surface area contributed by atoms with Crippen LogP contribution < -0.4 is 0 Å². The molecule has 0 radical (unpaired) electrons. The van der Waals surface area contributed by atoms with Gasteiger partial charge in [-0.15, -0.1) is 0 Å². The number of carbonyl (C=O) groups excluding carboxylic acids is 1. The Labute approximate surface area is 142 Å². The van der Waals surface area contributed by atoms with Gasteiger partial charge in [-0.1, -0.05) is 6.07 Å². The number of carboxylic acids is 1. The number of benzene rings is 1. The van der Waals surface area contributed by atoms with Crippen molar-refractivity contribution in [2.45, 2.75) is 50.0 Å². The Balaban J connectivity index is 1.84. The van der Waals surface area contributed by atoms with E-state index in [0.29, 0.717) is 6.42 Å². The van der Waals surface area contributed by atoms with Crippen molar-refractivity contribution in [2.24, 2.45) is 0 Å². The average Bonchev–Trinajstić information content (AvgIpc) is 3.39. The fraction of sp³-hybridized carbons (Fsp3) is 0.529. The molecule has 0 bridgehead atoms. The lowest BCUT2D eigenvalue weighted by atomic mass is 9.99. The molecule has 1 aromatic carbocycles. The summed E-state index contributed by atoms with van der Waals surface area (Å²) >= 11 is 0. The van der Waals surface area contributed by atoms with E-state index in [4.69, 9.17) is 9.84 Å². The Hall–Kier alpha value is -2.09. The lowest BCUT2D eigenvalue weighted by Gasteiger charge is -2.36. The van der Waals surface area contributed by atoms with Gasteiger partial charge >= 0.3 is 12.1 Å². The number of halogens is 3. The number of rotatable bonds is 4. The van der Waals surface area contributed by atoms with Gasteiger partial charge in [0, 0.05) is 30.7 Å². The highest BCUT2D eigenvalue weighted by Gasteiger charge is 2.41. The molecule has 1 N–H and O–H groups in total.